The predicted molar refractivity (Wildman–Crippen MR) is 115 cm³/mol. The maximum absolute atomic E-state index is 14.7. The van der Waals surface area contributed by atoms with Gasteiger partial charge in [-0.15, -0.1) is 0 Å². The van der Waals surface area contributed by atoms with E-state index < -0.39 is 46.8 Å². The highest BCUT2D eigenvalue weighted by atomic mass is 19.3. The largest absolute Gasteiger partial charge is 0.432 e. The van der Waals surface area contributed by atoms with Crippen LogP contribution in [0.5, 0.6) is 5.75 Å². The van der Waals surface area contributed by atoms with Crippen molar-refractivity contribution in [1.29, 1.82) is 0 Å². The Morgan fingerprint density at radius 2 is 1.35 bits per heavy atom. The van der Waals surface area contributed by atoms with Gasteiger partial charge in [-0.3, -0.25) is 0 Å². The topological polar surface area (TPSA) is 18.5 Å². The van der Waals surface area contributed by atoms with Crippen LogP contribution in [-0.4, -0.2) is 6.61 Å². The summed E-state index contributed by atoms with van der Waals surface area (Å²) in [5.74, 6) is -4.42. The molecular weight excluding hydrogens is 458 g/mol. The fourth-order valence-electron chi connectivity index (χ4n) is 5.10. The standard InChI is InChI=1S/C26H28F6O2/c1-14-3-5-16(6-4-14)17-7-8-24(33-13-17)18-9-22(29)25(23(30)10-18)26(31,32)34-19-11-20(27)15(2)21(28)12-19/h9-12,14,16-17,24H,3-8,13H2,1-2H3. The maximum Gasteiger partial charge on any atom is 0.432 e. The molecule has 0 radical (unpaired) electrons. The lowest BCUT2D eigenvalue weighted by molar-refractivity contribution is -0.189. The summed E-state index contributed by atoms with van der Waals surface area (Å²) < 4.78 is 96.1. The summed E-state index contributed by atoms with van der Waals surface area (Å²) in [6.45, 7) is 3.84. The molecule has 8 heteroatoms. The molecule has 2 fully saturated rings. The second kappa shape index (κ2) is 9.80. The number of hydrogen-bond donors (Lipinski definition) is 0. The van der Waals surface area contributed by atoms with Gasteiger partial charge in [-0.05, 0) is 68.1 Å². The lowest BCUT2D eigenvalue weighted by Crippen LogP contribution is -2.30. The molecule has 0 aromatic heterocycles. The average molecular weight is 486 g/mol. The van der Waals surface area contributed by atoms with Crippen molar-refractivity contribution in [2.75, 3.05) is 6.61 Å². The third kappa shape index (κ3) is 5.21. The van der Waals surface area contributed by atoms with E-state index in [1.807, 2.05) is 0 Å². The van der Waals surface area contributed by atoms with Crippen LogP contribution >= 0.6 is 0 Å². The van der Waals surface area contributed by atoms with Gasteiger partial charge in [0.25, 0.3) is 0 Å². The molecule has 1 aliphatic heterocycles. The van der Waals surface area contributed by atoms with Crippen molar-refractivity contribution in [1.82, 2.24) is 0 Å². The number of rotatable bonds is 5. The van der Waals surface area contributed by atoms with E-state index in [1.54, 1.807) is 0 Å². The van der Waals surface area contributed by atoms with E-state index in [2.05, 4.69) is 11.7 Å². The van der Waals surface area contributed by atoms with E-state index >= 15 is 0 Å². The highest BCUT2D eigenvalue weighted by molar-refractivity contribution is 5.33. The van der Waals surface area contributed by atoms with E-state index in [-0.39, 0.29) is 11.1 Å². The lowest BCUT2D eigenvalue weighted by Gasteiger charge is -2.37. The molecule has 0 amide bonds. The Kier molecular flexibility index (Phi) is 7.17. The van der Waals surface area contributed by atoms with Gasteiger partial charge < -0.3 is 9.47 Å². The van der Waals surface area contributed by atoms with Gasteiger partial charge in [0.1, 0.15) is 34.6 Å². The molecule has 0 N–H and O–H groups in total. The SMILES string of the molecule is Cc1c(F)cc(OC(F)(F)c2c(F)cc(C3CCC(C4CCC(C)CC4)CO3)cc2F)cc1F. The van der Waals surface area contributed by atoms with Crippen LogP contribution in [0.15, 0.2) is 24.3 Å². The van der Waals surface area contributed by atoms with Crippen LogP contribution in [0.25, 0.3) is 0 Å². The summed E-state index contributed by atoms with van der Waals surface area (Å²) >= 11 is 0. The quantitative estimate of drug-likeness (QED) is 0.399. The van der Waals surface area contributed by atoms with Crippen molar-refractivity contribution >= 4 is 0 Å². The first-order valence-electron chi connectivity index (χ1n) is 11.7. The molecule has 1 heterocycles. The van der Waals surface area contributed by atoms with Crippen LogP contribution in [0.1, 0.15) is 68.2 Å². The number of alkyl halides is 2. The second-order valence-corrected chi connectivity index (χ2v) is 9.67. The van der Waals surface area contributed by atoms with Gasteiger partial charge in [0.05, 0.1) is 12.7 Å². The number of hydrogen-bond acceptors (Lipinski definition) is 2. The molecule has 186 valence electrons. The highest BCUT2D eigenvalue weighted by Gasteiger charge is 2.42. The Labute approximate surface area is 195 Å². The van der Waals surface area contributed by atoms with Crippen molar-refractivity contribution < 1.29 is 35.8 Å². The van der Waals surface area contributed by atoms with E-state index in [4.69, 9.17) is 4.74 Å². The zero-order chi connectivity index (χ0) is 24.6. The minimum absolute atomic E-state index is 0.137. The van der Waals surface area contributed by atoms with Crippen LogP contribution < -0.4 is 4.74 Å². The van der Waals surface area contributed by atoms with Gasteiger partial charge >= 0.3 is 6.11 Å². The van der Waals surface area contributed by atoms with Gasteiger partial charge in [-0.2, -0.15) is 8.78 Å². The third-order valence-corrected chi connectivity index (χ3v) is 7.27. The van der Waals surface area contributed by atoms with Gasteiger partial charge in [0.2, 0.25) is 0 Å². The van der Waals surface area contributed by atoms with Crippen molar-refractivity contribution in [3.05, 3.63) is 64.2 Å². The van der Waals surface area contributed by atoms with Gasteiger partial charge in [0, 0.05) is 17.7 Å². The molecule has 2 nitrogen and oxygen atoms in total. The zero-order valence-electron chi connectivity index (χ0n) is 19.2. The highest BCUT2D eigenvalue weighted by Crippen LogP contribution is 2.42. The molecule has 0 spiro atoms. The Bertz CT molecular complexity index is 978. The molecule has 34 heavy (non-hydrogen) atoms. The maximum atomic E-state index is 14.7. The lowest BCUT2D eigenvalue weighted by atomic mass is 9.74. The van der Waals surface area contributed by atoms with Gasteiger partial charge in [-0.25, -0.2) is 17.6 Å². The molecule has 4 rings (SSSR count). The summed E-state index contributed by atoms with van der Waals surface area (Å²) in [5.41, 5.74) is -1.87. The summed E-state index contributed by atoms with van der Waals surface area (Å²) in [5, 5.41) is 0. The van der Waals surface area contributed by atoms with Crippen molar-refractivity contribution in [3.8, 4) is 5.75 Å². The first-order chi connectivity index (χ1) is 16.0. The Morgan fingerprint density at radius 1 is 0.794 bits per heavy atom. The van der Waals surface area contributed by atoms with E-state index in [1.165, 1.54) is 12.8 Å². The van der Waals surface area contributed by atoms with E-state index in [0.29, 0.717) is 37.0 Å². The first-order valence-corrected chi connectivity index (χ1v) is 11.7. The first kappa shape index (κ1) is 24.9. The smallest absolute Gasteiger partial charge is 0.429 e. The fourth-order valence-corrected chi connectivity index (χ4v) is 5.10. The normalized spacial score (nSPS) is 25.9. The number of halogens is 6. The Morgan fingerprint density at radius 3 is 1.88 bits per heavy atom. The molecule has 2 aromatic rings. The zero-order valence-corrected chi connectivity index (χ0v) is 19.2. The van der Waals surface area contributed by atoms with Gasteiger partial charge in [-0.1, -0.05) is 19.8 Å². The summed E-state index contributed by atoms with van der Waals surface area (Å²) in [4.78, 5) is 0. The molecule has 2 aliphatic rings. The molecule has 1 saturated carbocycles. The second-order valence-electron chi connectivity index (χ2n) is 9.67. The van der Waals surface area contributed by atoms with Crippen LogP contribution in [0.4, 0.5) is 26.3 Å². The molecule has 1 saturated heterocycles. The summed E-state index contributed by atoms with van der Waals surface area (Å²) in [6.07, 6.45) is 1.01. The van der Waals surface area contributed by atoms with Crippen LogP contribution in [0.3, 0.4) is 0 Å². The third-order valence-electron chi connectivity index (χ3n) is 7.27. The summed E-state index contributed by atoms with van der Waals surface area (Å²) in [6, 6.07) is 2.71. The Hall–Kier alpha value is -2.22. The predicted octanol–water partition coefficient (Wildman–Crippen LogP) is 7.97. The number of ether oxygens (including phenoxy) is 2. The fraction of sp³-hybridized carbons (Fsp3) is 0.538. The van der Waals surface area contributed by atoms with E-state index in [9.17, 15) is 26.3 Å². The minimum Gasteiger partial charge on any atom is -0.429 e. The molecular formula is C26H28F6O2. The molecule has 2 atom stereocenters. The number of benzene rings is 2. The van der Waals surface area contributed by atoms with Crippen LogP contribution in [-0.2, 0) is 10.8 Å². The summed E-state index contributed by atoms with van der Waals surface area (Å²) in [7, 11) is 0. The molecule has 1 aliphatic carbocycles. The van der Waals surface area contributed by atoms with Gasteiger partial charge in [0.15, 0.2) is 0 Å². The van der Waals surface area contributed by atoms with Crippen LogP contribution in [0.2, 0.25) is 0 Å². The average Bonchev–Trinajstić information content (AvgIpc) is 2.77. The minimum atomic E-state index is -4.49. The van der Waals surface area contributed by atoms with E-state index in [0.717, 1.165) is 44.2 Å². The van der Waals surface area contributed by atoms with Crippen molar-refractivity contribution in [3.63, 3.8) is 0 Å². The monoisotopic (exact) mass is 486 g/mol. The van der Waals surface area contributed by atoms with Crippen LogP contribution in [0, 0.1) is 47.9 Å². The molecule has 2 unspecified atom stereocenters. The van der Waals surface area contributed by atoms with Crippen molar-refractivity contribution in [2.24, 2.45) is 17.8 Å². The van der Waals surface area contributed by atoms with Crippen molar-refractivity contribution in [2.45, 2.75) is 64.6 Å². The molecule has 2 aromatic carbocycles. The molecule has 0 bridgehead atoms. The Balaban J connectivity index is 1.47.